The van der Waals surface area contributed by atoms with Gasteiger partial charge in [0.05, 0.1) is 6.61 Å². The van der Waals surface area contributed by atoms with Gasteiger partial charge >= 0.3 is 0 Å². The molecule has 0 unspecified atom stereocenters. The Kier molecular flexibility index (Phi) is 5.61. The van der Waals surface area contributed by atoms with E-state index in [4.69, 9.17) is 15.7 Å². The van der Waals surface area contributed by atoms with Crippen LogP contribution in [0.1, 0.15) is 12.7 Å². The van der Waals surface area contributed by atoms with Crippen LogP contribution >= 0.6 is 0 Å². The quantitative estimate of drug-likeness (QED) is 0.446. The standard InChI is InChI=1S/C10H19N5O2/c1-3-17-7-9-12-8(14-11)6-10(13-9)15(2)4-5-16/h6,16H,3-5,7,11H2,1-2H3,(H,12,13,14). The Labute approximate surface area is 101 Å². The average Bonchev–Trinajstić information content (AvgIpc) is 2.36. The molecule has 0 spiro atoms. The fraction of sp³-hybridized carbons (Fsp3) is 0.600. The maximum absolute atomic E-state index is 8.89. The van der Waals surface area contributed by atoms with Gasteiger partial charge in [-0.05, 0) is 6.92 Å². The van der Waals surface area contributed by atoms with E-state index in [9.17, 15) is 0 Å². The third kappa shape index (κ3) is 4.14. The second-order valence-electron chi connectivity index (χ2n) is 3.45. The van der Waals surface area contributed by atoms with Crippen LogP contribution in [0.25, 0.3) is 0 Å². The van der Waals surface area contributed by atoms with Gasteiger partial charge in [-0.2, -0.15) is 0 Å². The smallest absolute Gasteiger partial charge is 0.158 e. The monoisotopic (exact) mass is 241 g/mol. The molecule has 0 bridgehead atoms. The number of hydrazine groups is 1. The SMILES string of the molecule is CCOCc1nc(NN)cc(N(C)CCO)n1. The van der Waals surface area contributed by atoms with Crippen molar-refractivity contribution in [2.75, 3.05) is 37.1 Å². The molecule has 0 radical (unpaired) electrons. The fourth-order valence-corrected chi connectivity index (χ4v) is 1.28. The average molecular weight is 241 g/mol. The topological polar surface area (TPSA) is 96.5 Å². The van der Waals surface area contributed by atoms with Crippen LogP contribution in [0.4, 0.5) is 11.6 Å². The predicted octanol–water partition coefficient (Wildman–Crippen LogP) is -0.273. The minimum Gasteiger partial charge on any atom is -0.395 e. The van der Waals surface area contributed by atoms with Crippen LogP contribution in [0.2, 0.25) is 0 Å². The molecule has 96 valence electrons. The van der Waals surface area contributed by atoms with Crippen LogP contribution in [-0.2, 0) is 11.3 Å². The molecule has 1 rings (SSSR count). The van der Waals surface area contributed by atoms with Crippen molar-refractivity contribution < 1.29 is 9.84 Å². The molecule has 1 heterocycles. The first kappa shape index (κ1) is 13.6. The number of nitrogen functional groups attached to an aromatic ring is 1. The number of aromatic nitrogens is 2. The van der Waals surface area contributed by atoms with Crippen LogP contribution in [0.3, 0.4) is 0 Å². The number of nitrogens with two attached hydrogens (primary N) is 1. The molecule has 1 aromatic heterocycles. The van der Waals surface area contributed by atoms with Crippen molar-refractivity contribution >= 4 is 11.6 Å². The maximum atomic E-state index is 8.89. The number of rotatable bonds is 7. The summed E-state index contributed by atoms with van der Waals surface area (Å²) in [6.45, 7) is 3.41. The largest absolute Gasteiger partial charge is 0.395 e. The van der Waals surface area contributed by atoms with Crippen molar-refractivity contribution in [1.29, 1.82) is 0 Å². The summed E-state index contributed by atoms with van der Waals surface area (Å²) in [7, 11) is 1.84. The van der Waals surface area contributed by atoms with E-state index in [1.807, 2.05) is 18.9 Å². The minimum absolute atomic E-state index is 0.0622. The van der Waals surface area contributed by atoms with Gasteiger partial charge in [0.1, 0.15) is 18.2 Å². The van der Waals surface area contributed by atoms with Gasteiger partial charge in [0.15, 0.2) is 5.82 Å². The Balaban J connectivity index is 2.88. The number of likely N-dealkylation sites (N-methyl/N-ethyl adjacent to an activating group) is 1. The van der Waals surface area contributed by atoms with Gasteiger partial charge in [0.2, 0.25) is 0 Å². The third-order valence-electron chi connectivity index (χ3n) is 2.17. The number of hydrogen-bond acceptors (Lipinski definition) is 7. The number of aliphatic hydroxyl groups excluding tert-OH is 1. The van der Waals surface area contributed by atoms with Crippen molar-refractivity contribution in [1.82, 2.24) is 9.97 Å². The zero-order chi connectivity index (χ0) is 12.7. The molecule has 7 nitrogen and oxygen atoms in total. The number of ether oxygens (including phenoxy) is 1. The maximum Gasteiger partial charge on any atom is 0.158 e. The lowest BCUT2D eigenvalue weighted by atomic mass is 10.4. The van der Waals surface area contributed by atoms with Crippen LogP contribution < -0.4 is 16.2 Å². The Morgan fingerprint density at radius 3 is 2.88 bits per heavy atom. The Hall–Kier alpha value is -1.44. The molecule has 17 heavy (non-hydrogen) atoms. The molecule has 0 amide bonds. The van der Waals surface area contributed by atoms with E-state index in [2.05, 4.69) is 15.4 Å². The van der Waals surface area contributed by atoms with Crippen LogP contribution in [0.15, 0.2) is 6.07 Å². The van der Waals surface area contributed by atoms with Gasteiger partial charge in [-0.25, -0.2) is 15.8 Å². The van der Waals surface area contributed by atoms with Crippen molar-refractivity contribution in [2.24, 2.45) is 5.84 Å². The van der Waals surface area contributed by atoms with Gasteiger partial charge in [0.25, 0.3) is 0 Å². The minimum atomic E-state index is 0.0622. The number of hydrogen-bond donors (Lipinski definition) is 3. The summed E-state index contributed by atoms with van der Waals surface area (Å²) in [5.74, 6) is 7.11. The van der Waals surface area contributed by atoms with Gasteiger partial charge in [-0.3, -0.25) is 0 Å². The number of nitrogens with one attached hydrogen (secondary N) is 1. The highest BCUT2D eigenvalue weighted by molar-refractivity contribution is 5.48. The summed E-state index contributed by atoms with van der Waals surface area (Å²) in [6.07, 6.45) is 0. The highest BCUT2D eigenvalue weighted by atomic mass is 16.5. The summed E-state index contributed by atoms with van der Waals surface area (Å²) >= 11 is 0. The predicted molar refractivity (Wildman–Crippen MR) is 65.5 cm³/mol. The lowest BCUT2D eigenvalue weighted by Gasteiger charge is -2.18. The van der Waals surface area contributed by atoms with Crippen molar-refractivity contribution in [3.63, 3.8) is 0 Å². The van der Waals surface area contributed by atoms with Gasteiger partial charge < -0.3 is 20.2 Å². The van der Waals surface area contributed by atoms with Crippen molar-refractivity contribution in [3.8, 4) is 0 Å². The third-order valence-corrected chi connectivity index (χ3v) is 2.17. The summed E-state index contributed by atoms with van der Waals surface area (Å²) < 4.78 is 5.25. The molecule has 0 saturated heterocycles. The second kappa shape index (κ2) is 7.00. The van der Waals surface area contributed by atoms with Crippen LogP contribution in [0.5, 0.6) is 0 Å². The highest BCUT2D eigenvalue weighted by Crippen LogP contribution is 2.14. The Bertz CT molecular complexity index is 347. The molecule has 7 heteroatoms. The van der Waals surface area contributed by atoms with E-state index >= 15 is 0 Å². The van der Waals surface area contributed by atoms with Crippen molar-refractivity contribution in [3.05, 3.63) is 11.9 Å². The first-order valence-corrected chi connectivity index (χ1v) is 5.45. The van der Waals surface area contributed by atoms with E-state index in [0.717, 1.165) is 0 Å². The molecule has 1 aromatic rings. The first-order chi connectivity index (χ1) is 8.21. The van der Waals surface area contributed by atoms with Crippen LogP contribution in [-0.4, -0.2) is 41.9 Å². The lowest BCUT2D eigenvalue weighted by Crippen LogP contribution is -2.23. The number of anilines is 2. The number of nitrogens with zero attached hydrogens (tertiary/aromatic N) is 3. The molecule has 0 saturated carbocycles. The highest BCUT2D eigenvalue weighted by Gasteiger charge is 2.07. The van der Waals surface area contributed by atoms with E-state index in [-0.39, 0.29) is 6.61 Å². The molecular weight excluding hydrogens is 222 g/mol. The van der Waals surface area contributed by atoms with E-state index in [1.54, 1.807) is 6.07 Å². The van der Waals surface area contributed by atoms with E-state index in [1.165, 1.54) is 0 Å². The van der Waals surface area contributed by atoms with E-state index < -0.39 is 0 Å². The summed E-state index contributed by atoms with van der Waals surface area (Å²) in [5.41, 5.74) is 2.49. The molecule has 4 N–H and O–H groups in total. The summed E-state index contributed by atoms with van der Waals surface area (Å²) in [5, 5.41) is 8.89. The fourth-order valence-electron chi connectivity index (χ4n) is 1.28. The van der Waals surface area contributed by atoms with E-state index in [0.29, 0.717) is 37.2 Å². The zero-order valence-electron chi connectivity index (χ0n) is 10.2. The Morgan fingerprint density at radius 2 is 2.29 bits per heavy atom. The molecule has 0 aromatic carbocycles. The van der Waals surface area contributed by atoms with Gasteiger partial charge in [-0.1, -0.05) is 0 Å². The zero-order valence-corrected chi connectivity index (χ0v) is 10.2. The molecule has 0 aliphatic carbocycles. The second-order valence-corrected chi connectivity index (χ2v) is 3.45. The Morgan fingerprint density at radius 1 is 1.53 bits per heavy atom. The lowest BCUT2D eigenvalue weighted by molar-refractivity contribution is 0.128. The molecule has 0 aliphatic heterocycles. The van der Waals surface area contributed by atoms with Crippen LogP contribution in [0, 0.1) is 0 Å². The molecule has 0 fully saturated rings. The molecule has 0 aliphatic rings. The number of aliphatic hydroxyl groups is 1. The summed E-state index contributed by atoms with van der Waals surface area (Å²) in [4.78, 5) is 10.3. The first-order valence-electron chi connectivity index (χ1n) is 5.45. The normalized spacial score (nSPS) is 10.4. The summed E-state index contributed by atoms with van der Waals surface area (Å²) in [6, 6.07) is 1.71. The molecular formula is C10H19N5O2. The molecule has 0 atom stereocenters. The van der Waals surface area contributed by atoms with Gasteiger partial charge in [0, 0.05) is 26.3 Å². The van der Waals surface area contributed by atoms with Crippen molar-refractivity contribution in [2.45, 2.75) is 13.5 Å². The van der Waals surface area contributed by atoms with Gasteiger partial charge in [-0.15, -0.1) is 0 Å².